The molecule has 0 spiro atoms. The fraction of sp³-hybridized carbons (Fsp3) is 0.409. The zero-order valence-electron chi connectivity index (χ0n) is 15.9. The van der Waals surface area contributed by atoms with Gasteiger partial charge < -0.3 is 14.4 Å². The van der Waals surface area contributed by atoms with Gasteiger partial charge in [0.05, 0.1) is 5.02 Å². The predicted octanol–water partition coefficient (Wildman–Crippen LogP) is 3.74. The van der Waals surface area contributed by atoms with Crippen LogP contribution in [0.2, 0.25) is 5.02 Å². The van der Waals surface area contributed by atoms with Gasteiger partial charge in [0.25, 0.3) is 0 Å². The van der Waals surface area contributed by atoms with Crippen molar-refractivity contribution >= 4 is 17.5 Å². The van der Waals surface area contributed by atoms with Gasteiger partial charge in [-0.2, -0.15) is 0 Å². The molecule has 5 nitrogen and oxygen atoms in total. The molecule has 4 rings (SSSR count). The summed E-state index contributed by atoms with van der Waals surface area (Å²) in [6.07, 6.45) is 2.48. The molecule has 2 aromatic rings. The number of piperazine rings is 1. The van der Waals surface area contributed by atoms with Crippen LogP contribution in [0.25, 0.3) is 0 Å². The largest absolute Gasteiger partial charge is 0.454 e. The molecule has 2 aromatic carbocycles. The highest BCUT2D eigenvalue weighted by Crippen LogP contribution is 2.40. The summed E-state index contributed by atoms with van der Waals surface area (Å²) < 4.78 is 10.8. The van der Waals surface area contributed by atoms with Crippen molar-refractivity contribution in [1.29, 1.82) is 0 Å². The zero-order valence-corrected chi connectivity index (χ0v) is 16.7. The number of benzene rings is 2. The second-order valence-corrected chi connectivity index (χ2v) is 7.71. The minimum atomic E-state index is 0.226. The molecule has 2 heterocycles. The molecular weight excluding hydrogens is 376 g/mol. The first kappa shape index (κ1) is 19.1. The van der Waals surface area contributed by atoms with Gasteiger partial charge in [0.1, 0.15) is 0 Å². The molecule has 2 aliphatic rings. The van der Waals surface area contributed by atoms with Crippen LogP contribution in [0.3, 0.4) is 0 Å². The number of fused-ring (bicyclic) bond motifs is 1. The van der Waals surface area contributed by atoms with E-state index in [-0.39, 0.29) is 12.7 Å². The lowest BCUT2D eigenvalue weighted by atomic mass is 10.1. The molecule has 1 amide bonds. The standard InChI is InChI=1S/C22H25ClN2O3/c23-19-13-18(14-20-22(19)28-16-27-20)15-24-9-11-25(12-10-24)21(26)8-4-7-17-5-2-1-3-6-17/h1-3,5-6,13-14H,4,7-12,15-16H2. The highest BCUT2D eigenvalue weighted by atomic mass is 35.5. The van der Waals surface area contributed by atoms with Crippen LogP contribution in [0, 0.1) is 0 Å². The summed E-state index contributed by atoms with van der Waals surface area (Å²) in [5.41, 5.74) is 2.40. The van der Waals surface area contributed by atoms with Gasteiger partial charge in [-0.05, 0) is 36.1 Å². The van der Waals surface area contributed by atoms with Crippen LogP contribution in [-0.4, -0.2) is 48.7 Å². The maximum absolute atomic E-state index is 12.5. The number of carbonyl (C=O) groups excluding carboxylic acids is 1. The van der Waals surface area contributed by atoms with Crippen molar-refractivity contribution in [1.82, 2.24) is 9.80 Å². The van der Waals surface area contributed by atoms with Gasteiger partial charge in [-0.1, -0.05) is 41.9 Å². The van der Waals surface area contributed by atoms with Crippen molar-refractivity contribution in [3.05, 3.63) is 58.6 Å². The Morgan fingerprint density at radius 2 is 1.79 bits per heavy atom. The zero-order chi connectivity index (χ0) is 19.3. The number of hydrogen-bond donors (Lipinski definition) is 0. The van der Waals surface area contributed by atoms with Crippen LogP contribution in [0.1, 0.15) is 24.0 Å². The second kappa shape index (κ2) is 8.84. The van der Waals surface area contributed by atoms with E-state index in [0.29, 0.717) is 17.2 Å². The third-order valence-electron chi connectivity index (χ3n) is 5.32. The van der Waals surface area contributed by atoms with Crippen LogP contribution < -0.4 is 9.47 Å². The summed E-state index contributed by atoms with van der Waals surface area (Å²) in [5.74, 6) is 1.62. The average Bonchev–Trinajstić information content (AvgIpc) is 3.18. The number of amides is 1. The molecule has 0 saturated carbocycles. The summed E-state index contributed by atoms with van der Waals surface area (Å²) in [6.45, 7) is 4.33. The molecule has 0 unspecified atom stereocenters. The molecule has 0 aromatic heterocycles. The lowest BCUT2D eigenvalue weighted by molar-refractivity contribution is -0.133. The fourth-order valence-electron chi connectivity index (χ4n) is 3.77. The number of hydrogen-bond acceptors (Lipinski definition) is 4. The van der Waals surface area contributed by atoms with Crippen LogP contribution in [-0.2, 0) is 17.8 Å². The number of nitrogens with zero attached hydrogens (tertiary/aromatic N) is 2. The number of aryl methyl sites for hydroxylation is 1. The van der Waals surface area contributed by atoms with E-state index >= 15 is 0 Å². The van der Waals surface area contributed by atoms with Crippen molar-refractivity contribution in [2.24, 2.45) is 0 Å². The van der Waals surface area contributed by atoms with E-state index in [4.69, 9.17) is 21.1 Å². The van der Waals surface area contributed by atoms with Gasteiger partial charge in [-0.25, -0.2) is 0 Å². The van der Waals surface area contributed by atoms with Crippen LogP contribution in [0.15, 0.2) is 42.5 Å². The van der Waals surface area contributed by atoms with Gasteiger partial charge in [-0.3, -0.25) is 9.69 Å². The van der Waals surface area contributed by atoms with Crippen molar-refractivity contribution in [2.45, 2.75) is 25.8 Å². The topological polar surface area (TPSA) is 42.0 Å². The van der Waals surface area contributed by atoms with E-state index in [2.05, 4.69) is 17.0 Å². The van der Waals surface area contributed by atoms with Gasteiger partial charge in [-0.15, -0.1) is 0 Å². The lowest BCUT2D eigenvalue weighted by Gasteiger charge is -2.35. The maximum Gasteiger partial charge on any atom is 0.231 e. The fourth-order valence-corrected chi connectivity index (χ4v) is 4.06. The molecule has 1 fully saturated rings. The Labute approximate surface area is 170 Å². The number of ether oxygens (including phenoxy) is 2. The van der Waals surface area contributed by atoms with E-state index in [0.717, 1.165) is 56.9 Å². The molecule has 2 aliphatic heterocycles. The molecule has 0 bridgehead atoms. The molecule has 1 saturated heterocycles. The van der Waals surface area contributed by atoms with Crippen LogP contribution in [0.4, 0.5) is 0 Å². The van der Waals surface area contributed by atoms with Gasteiger partial charge in [0, 0.05) is 39.1 Å². The predicted molar refractivity (Wildman–Crippen MR) is 109 cm³/mol. The lowest BCUT2D eigenvalue weighted by Crippen LogP contribution is -2.48. The number of carbonyl (C=O) groups is 1. The molecule has 28 heavy (non-hydrogen) atoms. The first-order valence-corrected chi connectivity index (χ1v) is 10.2. The van der Waals surface area contributed by atoms with Crippen molar-refractivity contribution < 1.29 is 14.3 Å². The van der Waals surface area contributed by atoms with E-state index in [9.17, 15) is 4.79 Å². The summed E-state index contributed by atoms with van der Waals surface area (Å²) in [4.78, 5) is 16.8. The molecule has 6 heteroatoms. The third kappa shape index (κ3) is 4.59. The summed E-state index contributed by atoms with van der Waals surface area (Å²) in [7, 11) is 0. The summed E-state index contributed by atoms with van der Waals surface area (Å²) in [6, 6.07) is 14.3. The Bertz CT molecular complexity index is 820. The Morgan fingerprint density at radius 3 is 2.57 bits per heavy atom. The first-order chi connectivity index (χ1) is 13.7. The summed E-state index contributed by atoms with van der Waals surface area (Å²) in [5, 5.41) is 0.595. The quantitative estimate of drug-likeness (QED) is 0.740. The SMILES string of the molecule is O=C(CCCc1ccccc1)N1CCN(Cc2cc(Cl)c3c(c2)OCO3)CC1. The highest BCUT2D eigenvalue weighted by Gasteiger charge is 2.23. The third-order valence-corrected chi connectivity index (χ3v) is 5.60. The minimum Gasteiger partial charge on any atom is -0.454 e. The van der Waals surface area contributed by atoms with Crippen molar-refractivity contribution in [2.75, 3.05) is 33.0 Å². The number of halogens is 1. The van der Waals surface area contributed by atoms with Crippen LogP contribution in [0.5, 0.6) is 11.5 Å². The van der Waals surface area contributed by atoms with E-state index in [1.165, 1.54) is 5.56 Å². The smallest absolute Gasteiger partial charge is 0.231 e. The van der Waals surface area contributed by atoms with Crippen molar-refractivity contribution in [3.63, 3.8) is 0 Å². The summed E-state index contributed by atoms with van der Waals surface area (Å²) >= 11 is 6.27. The molecule has 0 aliphatic carbocycles. The second-order valence-electron chi connectivity index (χ2n) is 7.31. The van der Waals surface area contributed by atoms with Gasteiger partial charge in [0.15, 0.2) is 11.5 Å². The normalized spacial score (nSPS) is 16.4. The van der Waals surface area contributed by atoms with Gasteiger partial charge >= 0.3 is 0 Å². The monoisotopic (exact) mass is 400 g/mol. The van der Waals surface area contributed by atoms with Crippen LogP contribution >= 0.6 is 11.6 Å². The molecular formula is C22H25ClN2O3. The van der Waals surface area contributed by atoms with Crippen molar-refractivity contribution in [3.8, 4) is 11.5 Å². The Balaban J connectivity index is 1.22. The first-order valence-electron chi connectivity index (χ1n) is 9.81. The Morgan fingerprint density at radius 1 is 1.00 bits per heavy atom. The van der Waals surface area contributed by atoms with Gasteiger partial charge in [0.2, 0.25) is 12.7 Å². The Kier molecular flexibility index (Phi) is 6.03. The minimum absolute atomic E-state index is 0.226. The van der Waals surface area contributed by atoms with E-state index in [1.54, 1.807) is 0 Å². The maximum atomic E-state index is 12.5. The highest BCUT2D eigenvalue weighted by molar-refractivity contribution is 6.32. The number of rotatable bonds is 6. The molecule has 0 atom stereocenters. The van der Waals surface area contributed by atoms with E-state index < -0.39 is 0 Å². The molecule has 0 N–H and O–H groups in total. The Hall–Kier alpha value is -2.24. The average molecular weight is 401 g/mol. The molecule has 148 valence electrons. The molecule has 0 radical (unpaired) electrons. The van der Waals surface area contributed by atoms with E-state index in [1.807, 2.05) is 35.2 Å².